The van der Waals surface area contributed by atoms with Gasteiger partial charge in [-0.2, -0.15) is 4.98 Å². The van der Waals surface area contributed by atoms with Gasteiger partial charge in [-0.3, -0.25) is 0 Å². The molecule has 108 valence electrons. The van der Waals surface area contributed by atoms with Gasteiger partial charge in [-0.25, -0.2) is 0 Å². The molecular formula is C15H27N3O. The zero-order chi connectivity index (χ0) is 13.7. The summed E-state index contributed by atoms with van der Waals surface area (Å²) in [6.07, 6.45) is 8.05. The summed E-state index contributed by atoms with van der Waals surface area (Å²) in [6.45, 7) is 5.32. The fraction of sp³-hybridized carbons (Fsp3) is 0.867. The topological polar surface area (TPSA) is 64.9 Å². The molecule has 4 nitrogen and oxygen atoms in total. The van der Waals surface area contributed by atoms with Crippen molar-refractivity contribution < 1.29 is 4.52 Å². The third kappa shape index (κ3) is 4.30. The second-order valence-corrected chi connectivity index (χ2v) is 6.22. The lowest BCUT2D eigenvalue weighted by Crippen LogP contribution is -2.12. The standard InChI is InChI=1S/C15H27N3O/c1-11-3-6-13(7-4-11)15-17-14(19-18-15)8-5-12(2)9-10-16/h11-13H,3-10,16H2,1-2H3. The second-order valence-electron chi connectivity index (χ2n) is 6.22. The maximum atomic E-state index is 5.56. The highest BCUT2D eigenvalue weighted by Gasteiger charge is 2.23. The van der Waals surface area contributed by atoms with Crippen molar-refractivity contribution >= 4 is 0 Å². The van der Waals surface area contributed by atoms with Crippen molar-refractivity contribution in [1.82, 2.24) is 10.1 Å². The van der Waals surface area contributed by atoms with E-state index in [1.54, 1.807) is 0 Å². The molecule has 1 aromatic rings. The van der Waals surface area contributed by atoms with Gasteiger partial charge < -0.3 is 10.3 Å². The van der Waals surface area contributed by atoms with Gasteiger partial charge >= 0.3 is 0 Å². The van der Waals surface area contributed by atoms with Crippen molar-refractivity contribution in [3.8, 4) is 0 Å². The van der Waals surface area contributed by atoms with Crippen LogP contribution >= 0.6 is 0 Å². The highest BCUT2D eigenvalue weighted by molar-refractivity contribution is 4.97. The van der Waals surface area contributed by atoms with E-state index in [4.69, 9.17) is 10.3 Å². The van der Waals surface area contributed by atoms with Gasteiger partial charge in [0.2, 0.25) is 5.89 Å². The Hall–Kier alpha value is -0.900. The monoisotopic (exact) mass is 265 g/mol. The number of hydrogen-bond acceptors (Lipinski definition) is 4. The van der Waals surface area contributed by atoms with Crippen molar-refractivity contribution in [2.24, 2.45) is 17.6 Å². The molecule has 0 aromatic carbocycles. The SMILES string of the molecule is CC(CCN)CCc1nc(C2CCC(C)CC2)no1. The molecule has 2 rings (SSSR count). The summed E-state index contributed by atoms with van der Waals surface area (Å²) in [6, 6.07) is 0. The fourth-order valence-electron chi connectivity index (χ4n) is 2.85. The predicted octanol–water partition coefficient (Wildman–Crippen LogP) is 3.28. The van der Waals surface area contributed by atoms with Crippen LogP contribution in [0.3, 0.4) is 0 Å². The van der Waals surface area contributed by atoms with Gasteiger partial charge in [-0.05, 0) is 44.1 Å². The molecule has 1 aromatic heterocycles. The quantitative estimate of drug-likeness (QED) is 0.857. The Bertz CT molecular complexity index is 369. The molecule has 1 atom stereocenters. The van der Waals surface area contributed by atoms with Crippen LogP contribution in [-0.4, -0.2) is 16.7 Å². The molecule has 1 fully saturated rings. The van der Waals surface area contributed by atoms with Crippen molar-refractivity contribution in [3.63, 3.8) is 0 Å². The number of nitrogens with zero attached hydrogens (tertiary/aromatic N) is 2. The summed E-state index contributed by atoms with van der Waals surface area (Å²) in [5, 5.41) is 4.18. The average molecular weight is 265 g/mol. The van der Waals surface area contributed by atoms with E-state index in [1.807, 2.05) is 0 Å². The van der Waals surface area contributed by atoms with E-state index in [-0.39, 0.29) is 0 Å². The van der Waals surface area contributed by atoms with Crippen LogP contribution in [0.4, 0.5) is 0 Å². The fourth-order valence-corrected chi connectivity index (χ4v) is 2.85. The molecular weight excluding hydrogens is 238 g/mol. The van der Waals surface area contributed by atoms with E-state index in [9.17, 15) is 0 Å². The van der Waals surface area contributed by atoms with Gasteiger partial charge in [0.15, 0.2) is 5.82 Å². The maximum Gasteiger partial charge on any atom is 0.226 e. The molecule has 1 saturated carbocycles. The Morgan fingerprint density at radius 1 is 1.26 bits per heavy atom. The summed E-state index contributed by atoms with van der Waals surface area (Å²) in [4.78, 5) is 4.58. The van der Waals surface area contributed by atoms with Gasteiger partial charge in [0.25, 0.3) is 0 Å². The Morgan fingerprint density at radius 2 is 2.00 bits per heavy atom. The van der Waals surface area contributed by atoms with Gasteiger partial charge in [0.05, 0.1) is 0 Å². The van der Waals surface area contributed by atoms with Crippen LogP contribution in [0.1, 0.15) is 70.0 Å². The van der Waals surface area contributed by atoms with E-state index in [1.165, 1.54) is 25.7 Å². The predicted molar refractivity (Wildman–Crippen MR) is 75.8 cm³/mol. The summed E-state index contributed by atoms with van der Waals surface area (Å²) in [5.74, 6) is 3.76. The van der Waals surface area contributed by atoms with E-state index in [0.29, 0.717) is 11.8 Å². The van der Waals surface area contributed by atoms with Crippen LogP contribution in [0, 0.1) is 11.8 Å². The summed E-state index contributed by atoms with van der Waals surface area (Å²) < 4.78 is 5.38. The highest BCUT2D eigenvalue weighted by Crippen LogP contribution is 2.34. The third-order valence-electron chi connectivity index (χ3n) is 4.38. The summed E-state index contributed by atoms with van der Waals surface area (Å²) >= 11 is 0. The largest absolute Gasteiger partial charge is 0.339 e. The molecule has 0 amide bonds. The molecule has 2 N–H and O–H groups in total. The molecule has 0 spiro atoms. The van der Waals surface area contributed by atoms with Gasteiger partial charge in [0.1, 0.15) is 0 Å². The Morgan fingerprint density at radius 3 is 2.68 bits per heavy atom. The number of aromatic nitrogens is 2. The Labute approximate surface area is 116 Å². The van der Waals surface area contributed by atoms with Crippen molar-refractivity contribution in [3.05, 3.63) is 11.7 Å². The molecule has 4 heteroatoms. The van der Waals surface area contributed by atoms with E-state index >= 15 is 0 Å². The van der Waals surface area contributed by atoms with Gasteiger partial charge in [-0.1, -0.05) is 31.8 Å². The molecule has 1 aliphatic carbocycles. The molecule has 0 bridgehead atoms. The van der Waals surface area contributed by atoms with Crippen molar-refractivity contribution in [1.29, 1.82) is 0 Å². The lowest BCUT2D eigenvalue weighted by atomic mass is 9.83. The molecule has 19 heavy (non-hydrogen) atoms. The number of hydrogen-bond donors (Lipinski definition) is 1. The number of aryl methyl sites for hydroxylation is 1. The van der Waals surface area contributed by atoms with Crippen LogP contribution in [0.25, 0.3) is 0 Å². The minimum atomic E-state index is 0.523. The minimum Gasteiger partial charge on any atom is -0.339 e. The first kappa shape index (κ1) is 14.5. The number of rotatable bonds is 6. The Balaban J connectivity index is 1.81. The molecule has 1 aliphatic rings. The first-order valence-corrected chi connectivity index (χ1v) is 7.71. The summed E-state index contributed by atoms with van der Waals surface area (Å²) in [7, 11) is 0. The molecule has 1 heterocycles. The van der Waals surface area contributed by atoms with Crippen LogP contribution in [0.5, 0.6) is 0 Å². The first-order chi connectivity index (χ1) is 9.19. The lowest BCUT2D eigenvalue weighted by molar-refractivity contribution is 0.321. The maximum absolute atomic E-state index is 5.56. The zero-order valence-corrected chi connectivity index (χ0v) is 12.3. The van der Waals surface area contributed by atoms with Crippen molar-refractivity contribution in [2.75, 3.05) is 6.54 Å². The second kappa shape index (κ2) is 7.04. The van der Waals surface area contributed by atoms with Gasteiger partial charge in [0, 0.05) is 12.3 Å². The van der Waals surface area contributed by atoms with Crippen LogP contribution in [0.15, 0.2) is 4.52 Å². The molecule has 1 unspecified atom stereocenters. The molecule has 0 saturated heterocycles. The van der Waals surface area contributed by atoms with Crippen LogP contribution in [-0.2, 0) is 6.42 Å². The van der Waals surface area contributed by atoms with E-state index in [0.717, 1.165) is 43.4 Å². The van der Waals surface area contributed by atoms with Crippen LogP contribution < -0.4 is 5.73 Å². The number of nitrogens with two attached hydrogens (primary N) is 1. The normalized spacial score (nSPS) is 25.4. The summed E-state index contributed by atoms with van der Waals surface area (Å²) in [5.41, 5.74) is 5.56. The third-order valence-corrected chi connectivity index (χ3v) is 4.38. The Kier molecular flexibility index (Phi) is 5.37. The molecule has 0 radical (unpaired) electrons. The minimum absolute atomic E-state index is 0.523. The lowest BCUT2D eigenvalue weighted by Gasteiger charge is -2.23. The zero-order valence-electron chi connectivity index (χ0n) is 12.3. The van der Waals surface area contributed by atoms with E-state index < -0.39 is 0 Å². The molecule has 0 aliphatic heterocycles. The van der Waals surface area contributed by atoms with E-state index in [2.05, 4.69) is 24.0 Å². The van der Waals surface area contributed by atoms with Crippen LogP contribution in [0.2, 0.25) is 0 Å². The average Bonchev–Trinajstić information content (AvgIpc) is 2.86. The van der Waals surface area contributed by atoms with Gasteiger partial charge in [-0.15, -0.1) is 0 Å². The first-order valence-electron chi connectivity index (χ1n) is 7.71. The highest BCUT2D eigenvalue weighted by atomic mass is 16.5. The smallest absolute Gasteiger partial charge is 0.226 e. The van der Waals surface area contributed by atoms with Crippen molar-refractivity contribution in [2.45, 2.75) is 64.7 Å².